The lowest BCUT2D eigenvalue weighted by molar-refractivity contribution is 1.13. The SMILES string of the molecule is [2H]c1ncc2cncnc2n1. The number of rotatable bonds is 0. The van der Waals surface area contributed by atoms with Gasteiger partial charge in [0.2, 0.25) is 0 Å². The molecule has 48 valence electrons. The van der Waals surface area contributed by atoms with E-state index in [-0.39, 0.29) is 6.30 Å². The molecule has 0 saturated heterocycles. The lowest BCUT2D eigenvalue weighted by atomic mass is 10.4. The van der Waals surface area contributed by atoms with Crippen molar-refractivity contribution >= 4 is 11.0 Å². The standard InChI is InChI=1S/C6H4N4/c1-5-2-8-4-10-6(5)9-3-7-1/h1-4H/i3D. The molecule has 0 saturated carbocycles. The smallest absolute Gasteiger partial charge is 0.165 e. The van der Waals surface area contributed by atoms with E-state index >= 15 is 0 Å². The molecule has 2 rings (SSSR count). The summed E-state index contributed by atoms with van der Waals surface area (Å²) in [6.07, 6.45) is 4.53. The average molecular weight is 133 g/mol. The molecule has 0 spiro atoms. The van der Waals surface area contributed by atoms with Crippen LogP contribution in [0, 0.1) is 0 Å². The summed E-state index contributed by atoms with van der Waals surface area (Å²) in [5, 5.41) is 0.753. The van der Waals surface area contributed by atoms with Crippen molar-refractivity contribution in [3.8, 4) is 0 Å². The van der Waals surface area contributed by atoms with E-state index in [2.05, 4.69) is 19.9 Å². The monoisotopic (exact) mass is 133 g/mol. The molecule has 0 aliphatic carbocycles. The highest BCUT2D eigenvalue weighted by molar-refractivity contribution is 5.71. The van der Waals surface area contributed by atoms with Crippen LogP contribution in [0.15, 0.2) is 25.0 Å². The maximum atomic E-state index is 7.09. The van der Waals surface area contributed by atoms with E-state index in [1.165, 1.54) is 12.5 Å². The van der Waals surface area contributed by atoms with Gasteiger partial charge in [-0.05, 0) is 0 Å². The predicted molar refractivity (Wildman–Crippen MR) is 35.1 cm³/mol. The van der Waals surface area contributed by atoms with Crippen LogP contribution in [-0.2, 0) is 0 Å². The first kappa shape index (κ1) is 4.27. The van der Waals surface area contributed by atoms with Crippen LogP contribution in [0.4, 0.5) is 0 Å². The Balaban J connectivity index is 2.83. The highest BCUT2D eigenvalue weighted by Crippen LogP contribution is 2.00. The van der Waals surface area contributed by atoms with E-state index in [1.807, 2.05) is 0 Å². The van der Waals surface area contributed by atoms with Gasteiger partial charge in [-0.2, -0.15) is 0 Å². The van der Waals surface area contributed by atoms with Crippen LogP contribution in [0.2, 0.25) is 0 Å². The summed E-state index contributed by atoms with van der Waals surface area (Å²) >= 11 is 0. The van der Waals surface area contributed by atoms with Crippen molar-refractivity contribution in [3.63, 3.8) is 0 Å². The molecule has 0 aromatic carbocycles. The van der Waals surface area contributed by atoms with E-state index < -0.39 is 0 Å². The van der Waals surface area contributed by atoms with Gasteiger partial charge in [0.15, 0.2) is 5.65 Å². The maximum absolute atomic E-state index is 7.09. The second kappa shape index (κ2) is 1.98. The Kier molecular flexibility index (Phi) is 0.846. The molecular weight excluding hydrogens is 128 g/mol. The Morgan fingerprint density at radius 2 is 2.10 bits per heavy atom. The molecule has 0 aliphatic heterocycles. The zero-order valence-corrected chi connectivity index (χ0v) is 5.02. The Morgan fingerprint density at radius 1 is 1.20 bits per heavy atom. The van der Waals surface area contributed by atoms with Crippen LogP contribution in [-0.4, -0.2) is 19.9 Å². The molecule has 0 amide bonds. The molecule has 0 N–H and O–H groups in total. The second-order valence-corrected chi connectivity index (χ2v) is 1.77. The van der Waals surface area contributed by atoms with E-state index in [0.717, 1.165) is 5.39 Å². The number of aromatic nitrogens is 4. The lowest BCUT2D eigenvalue weighted by Gasteiger charge is -1.89. The molecule has 4 nitrogen and oxygen atoms in total. The molecule has 10 heavy (non-hydrogen) atoms. The summed E-state index contributed by atoms with van der Waals surface area (Å²) in [5.74, 6) is 0. The minimum Gasteiger partial charge on any atom is -0.244 e. The van der Waals surface area contributed by atoms with Gasteiger partial charge in [0, 0.05) is 12.4 Å². The molecule has 0 atom stereocenters. The van der Waals surface area contributed by atoms with Crippen LogP contribution in [0.5, 0.6) is 0 Å². The van der Waals surface area contributed by atoms with E-state index in [4.69, 9.17) is 1.37 Å². The summed E-state index contributed by atoms with van der Waals surface area (Å²) in [7, 11) is 0. The molecule has 0 aliphatic rings. The zero-order valence-electron chi connectivity index (χ0n) is 6.02. The van der Waals surface area contributed by atoms with Gasteiger partial charge in [-0.25, -0.2) is 19.9 Å². The highest BCUT2D eigenvalue weighted by Gasteiger charge is 1.90. The van der Waals surface area contributed by atoms with Gasteiger partial charge in [0.1, 0.15) is 14.0 Å². The third-order valence-corrected chi connectivity index (χ3v) is 1.14. The maximum Gasteiger partial charge on any atom is 0.165 e. The first-order valence-electron chi connectivity index (χ1n) is 3.25. The average Bonchev–Trinajstić information content (AvgIpc) is 2.04. The molecule has 0 unspecified atom stereocenters. The molecular formula is C6H4N4. The first-order chi connectivity index (χ1) is 5.36. The number of hydrogen-bond donors (Lipinski definition) is 0. The largest absolute Gasteiger partial charge is 0.244 e. The molecule has 2 aromatic heterocycles. The lowest BCUT2D eigenvalue weighted by Crippen LogP contribution is -1.84. The minimum absolute atomic E-state index is 0.0174. The Labute approximate surface area is 58.4 Å². The Morgan fingerprint density at radius 3 is 3.10 bits per heavy atom. The number of hydrogen-bond acceptors (Lipinski definition) is 4. The summed E-state index contributed by atoms with van der Waals surface area (Å²) < 4.78 is 7.09. The van der Waals surface area contributed by atoms with E-state index in [1.54, 1.807) is 6.20 Å². The Hall–Kier alpha value is -1.58. The van der Waals surface area contributed by atoms with Crippen LogP contribution in [0.1, 0.15) is 1.37 Å². The summed E-state index contributed by atoms with van der Waals surface area (Å²) in [6, 6.07) is 0. The van der Waals surface area contributed by atoms with Gasteiger partial charge >= 0.3 is 0 Å². The number of nitrogens with zero attached hydrogens (tertiary/aromatic N) is 4. The fraction of sp³-hybridized carbons (Fsp3) is 0. The van der Waals surface area contributed by atoms with Gasteiger partial charge in [0.25, 0.3) is 0 Å². The highest BCUT2D eigenvalue weighted by atomic mass is 14.9. The zero-order chi connectivity index (χ0) is 7.68. The van der Waals surface area contributed by atoms with Crippen LogP contribution in [0.3, 0.4) is 0 Å². The van der Waals surface area contributed by atoms with Gasteiger partial charge in [-0.1, -0.05) is 0 Å². The topological polar surface area (TPSA) is 51.6 Å². The van der Waals surface area contributed by atoms with Crippen LogP contribution in [0.25, 0.3) is 11.0 Å². The van der Waals surface area contributed by atoms with Crippen molar-refractivity contribution in [2.24, 2.45) is 0 Å². The van der Waals surface area contributed by atoms with Crippen molar-refractivity contribution < 1.29 is 1.37 Å². The first-order valence-corrected chi connectivity index (χ1v) is 2.75. The molecule has 2 aromatic rings. The Bertz CT molecular complexity index is 389. The van der Waals surface area contributed by atoms with E-state index in [0.29, 0.717) is 5.65 Å². The summed E-state index contributed by atoms with van der Waals surface area (Å²) in [6.45, 7) is 0. The quantitative estimate of drug-likeness (QED) is 0.522. The fourth-order valence-corrected chi connectivity index (χ4v) is 0.693. The molecule has 4 heteroatoms. The van der Waals surface area contributed by atoms with E-state index in [9.17, 15) is 0 Å². The van der Waals surface area contributed by atoms with Gasteiger partial charge in [0.05, 0.1) is 5.39 Å². The van der Waals surface area contributed by atoms with Crippen molar-refractivity contribution in [2.45, 2.75) is 0 Å². The molecule has 0 bridgehead atoms. The third kappa shape index (κ3) is 0.699. The van der Waals surface area contributed by atoms with Gasteiger partial charge in [-0.3, -0.25) is 0 Å². The molecule has 0 radical (unpaired) electrons. The van der Waals surface area contributed by atoms with Crippen LogP contribution >= 0.6 is 0 Å². The number of fused-ring (bicyclic) bond motifs is 1. The third-order valence-electron chi connectivity index (χ3n) is 1.14. The summed E-state index contributed by atoms with van der Waals surface area (Å²) in [4.78, 5) is 15.1. The summed E-state index contributed by atoms with van der Waals surface area (Å²) in [5.41, 5.74) is 0.514. The minimum atomic E-state index is -0.0174. The van der Waals surface area contributed by atoms with Gasteiger partial charge in [-0.15, -0.1) is 0 Å². The van der Waals surface area contributed by atoms with Crippen molar-refractivity contribution in [3.05, 3.63) is 25.0 Å². The fourth-order valence-electron chi connectivity index (χ4n) is 0.693. The van der Waals surface area contributed by atoms with Crippen molar-refractivity contribution in [1.29, 1.82) is 0 Å². The van der Waals surface area contributed by atoms with Crippen molar-refractivity contribution in [1.82, 2.24) is 19.9 Å². The van der Waals surface area contributed by atoms with Crippen molar-refractivity contribution in [2.75, 3.05) is 0 Å². The predicted octanol–water partition coefficient (Wildman–Crippen LogP) is 0.420. The normalized spacial score (nSPS) is 11.4. The molecule has 2 heterocycles. The van der Waals surface area contributed by atoms with Crippen LogP contribution < -0.4 is 0 Å². The second-order valence-electron chi connectivity index (χ2n) is 1.77. The van der Waals surface area contributed by atoms with Gasteiger partial charge < -0.3 is 0 Å². The molecule has 0 fully saturated rings.